The molecule has 0 bridgehead atoms. The van der Waals surface area contributed by atoms with E-state index in [4.69, 9.17) is 5.11 Å². The van der Waals surface area contributed by atoms with Crippen LogP contribution in [-0.2, 0) is 6.54 Å². The molecule has 0 aromatic carbocycles. The van der Waals surface area contributed by atoms with E-state index in [2.05, 4.69) is 34.8 Å². The van der Waals surface area contributed by atoms with Crippen molar-refractivity contribution in [1.82, 2.24) is 9.97 Å². The van der Waals surface area contributed by atoms with Crippen molar-refractivity contribution in [3.05, 3.63) is 40.5 Å². The summed E-state index contributed by atoms with van der Waals surface area (Å²) in [5.74, 6) is -0.373. The summed E-state index contributed by atoms with van der Waals surface area (Å²) in [6.07, 6.45) is 2.80. The maximum atomic E-state index is 10.8. The summed E-state index contributed by atoms with van der Waals surface area (Å²) >= 11 is 1.69. The summed E-state index contributed by atoms with van der Waals surface area (Å²) in [5.41, 5.74) is -0.0384. The molecule has 0 fully saturated rings. The summed E-state index contributed by atoms with van der Waals surface area (Å²) < 4.78 is 0. The lowest BCUT2D eigenvalue weighted by Crippen LogP contribution is -2.30. The number of carbonyl (C=O) groups is 1. The average molecular weight is 277 g/mol. The van der Waals surface area contributed by atoms with Crippen LogP contribution in [0.1, 0.15) is 29.2 Å². The van der Waals surface area contributed by atoms with Crippen molar-refractivity contribution >= 4 is 23.1 Å². The second kappa shape index (κ2) is 5.79. The Balaban J connectivity index is 2.21. The standard InChI is InChI=1S/C13H15N3O2S/c1-9(2)16(8-10-4-3-5-19-10)12-7-14-11(6-15-12)13(17)18/h3-7,9H,8H2,1-2H3,(H,17,18). The first-order valence-corrected chi connectivity index (χ1v) is 6.80. The van der Waals surface area contributed by atoms with Crippen LogP contribution in [0.3, 0.4) is 0 Å². The third kappa shape index (κ3) is 3.29. The van der Waals surface area contributed by atoms with E-state index >= 15 is 0 Å². The zero-order valence-electron chi connectivity index (χ0n) is 10.8. The molecule has 19 heavy (non-hydrogen) atoms. The minimum absolute atomic E-state index is 0.0384. The van der Waals surface area contributed by atoms with Crippen LogP contribution in [0.2, 0.25) is 0 Å². The molecule has 0 aliphatic carbocycles. The SMILES string of the molecule is CC(C)N(Cc1cccs1)c1cnc(C(=O)O)cn1. The van der Waals surface area contributed by atoms with Crippen molar-refractivity contribution < 1.29 is 9.90 Å². The second-order valence-corrected chi connectivity index (χ2v) is 5.40. The molecule has 0 spiro atoms. The van der Waals surface area contributed by atoms with Gasteiger partial charge in [-0.05, 0) is 25.3 Å². The summed E-state index contributed by atoms with van der Waals surface area (Å²) in [6.45, 7) is 4.89. The number of rotatable bonds is 5. The van der Waals surface area contributed by atoms with Crippen molar-refractivity contribution in [1.29, 1.82) is 0 Å². The van der Waals surface area contributed by atoms with Gasteiger partial charge in [-0.15, -0.1) is 11.3 Å². The molecule has 2 aromatic rings. The van der Waals surface area contributed by atoms with Crippen LogP contribution in [-0.4, -0.2) is 27.1 Å². The van der Waals surface area contributed by atoms with E-state index in [1.54, 1.807) is 11.3 Å². The summed E-state index contributed by atoms with van der Waals surface area (Å²) in [6, 6.07) is 4.34. The van der Waals surface area contributed by atoms with Gasteiger partial charge in [-0.25, -0.2) is 14.8 Å². The summed E-state index contributed by atoms with van der Waals surface area (Å²) in [4.78, 5) is 22.2. The van der Waals surface area contributed by atoms with Gasteiger partial charge < -0.3 is 10.0 Å². The van der Waals surface area contributed by atoms with E-state index in [-0.39, 0.29) is 11.7 Å². The van der Waals surface area contributed by atoms with Gasteiger partial charge in [0.1, 0.15) is 5.82 Å². The van der Waals surface area contributed by atoms with Gasteiger partial charge in [-0.3, -0.25) is 0 Å². The highest BCUT2D eigenvalue weighted by molar-refractivity contribution is 7.09. The first-order chi connectivity index (χ1) is 9.08. The van der Waals surface area contributed by atoms with E-state index in [9.17, 15) is 4.79 Å². The lowest BCUT2D eigenvalue weighted by Gasteiger charge is -2.27. The maximum Gasteiger partial charge on any atom is 0.356 e. The fourth-order valence-corrected chi connectivity index (χ4v) is 2.38. The maximum absolute atomic E-state index is 10.8. The van der Waals surface area contributed by atoms with Crippen LogP contribution in [0.15, 0.2) is 29.9 Å². The topological polar surface area (TPSA) is 66.3 Å². The van der Waals surface area contributed by atoms with Gasteiger partial charge in [-0.1, -0.05) is 6.07 Å². The van der Waals surface area contributed by atoms with E-state index in [1.165, 1.54) is 17.3 Å². The number of thiophene rings is 1. The number of aromatic carboxylic acids is 1. The Morgan fingerprint density at radius 3 is 2.68 bits per heavy atom. The van der Waals surface area contributed by atoms with Gasteiger partial charge in [0.05, 0.1) is 18.9 Å². The van der Waals surface area contributed by atoms with Crippen LogP contribution in [0.25, 0.3) is 0 Å². The Bertz CT molecular complexity index is 538. The predicted octanol–water partition coefficient (Wildman–Crippen LogP) is 2.65. The smallest absolute Gasteiger partial charge is 0.356 e. The number of anilines is 1. The molecule has 1 N–H and O–H groups in total. The fourth-order valence-electron chi connectivity index (χ4n) is 1.68. The molecule has 0 unspecified atom stereocenters. The van der Waals surface area contributed by atoms with Gasteiger partial charge in [0.2, 0.25) is 0 Å². The molecule has 100 valence electrons. The minimum atomic E-state index is -1.06. The van der Waals surface area contributed by atoms with Gasteiger partial charge in [0, 0.05) is 10.9 Å². The molecule has 2 heterocycles. The largest absolute Gasteiger partial charge is 0.476 e. The molecular formula is C13H15N3O2S. The lowest BCUT2D eigenvalue weighted by molar-refractivity contribution is 0.0690. The van der Waals surface area contributed by atoms with Crippen LogP contribution in [0, 0.1) is 0 Å². The third-order valence-electron chi connectivity index (χ3n) is 2.68. The van der Waals surface area contributed by atoms with Crippen molar-refractivity contribution in [2.75, 3.05) is 4.90 Å². The highest BCUT2D eigenvalue weighted by atomic mass is 32.1. The van der Waals surface area contributed by atoms with E-state index < -0.39 is 5.97 Å². The summed E-state index contributed by atoms with van der Waals surface area (Å²) in [5, 5.41) is 10.9. The van der Waals surface area contributed by atoms with E-state index in [0.717, 1.165) is 6.54 Å². The quantitative estimate of drug-likeness (QED) is 0.910. The van der Waals surface area contributed by atoms with Crippen LogP contribution < -0.4 is 4.90 Å². The van der Waals surface area contributed by atoms with Crippen LogP contribution in [0.4, 0.5) is 5.82 Å². The Kier molecular flexibility index (Phi) is 4.11. The number of hydrogen-bond acceptors (Lipinski definition) is 5. The van der Waals surface area contributed by atoms with Gasteiger partial charge in [-0.2, -0.15) is 0 Å². The molecule has 0 radical (unpaired) electrons. The van der Waals surface area contributed by atoms with E-state index in [1.807, 2.05) is 11.4 Å². The Morgan fingerprint density at radius 1 is 1.42 bits per heavy atom. The van der Waals surface area contributed by atoms with Crippen molar-refractivity contribution in [2.24, 2.45) is 0 Å². The monoisotopic (exact) mass is 277 g/mol. The Morgan fingerprint density at radius 2 is 2.21 bits per heavy atom. The molecule has 2 rings (SSSR count). The Labute approximate surface area is 115 Å². The highest BCUT2D eigenvalue weighted by Crippen LogP contribution is 2.19. The molecule has 0 saturated carbocycles. The van der Waals surface area contributed by atoms with Crippen molar-refractivity contribution in [2.45, 2.75) is 26.4 Å². The molecule has 5 nitrogen and oxygen atoms in total. The first-order valence-electron chi connectivity index (χ1n) is 5.92. The van der Waals surface area contributed by atoms with Gasteiger partial charge >= 0.3 is 5.97 Å². The van der Waals surface area contributed by atoms with Gasteiger partial charge in [0.15, 0.2) is 5.69 Å². The van der Waals surface area contributed by atoms with Crippen molar-refractivity contribution in [3.8, 4) is 0 Å². The predicted molar refractivity (Wildman–Crippen MR) is 74.6 cm³/mol. The molecular weight excluding hydrogens is 262 g/mol. The Hall–Kier alpha value is -1.95. The van der Waals surface area contributed by atoms with Crippen molar-refractivity contribution in [3.63, 3.8) is 0 Å². The zero-order chi connectivity index (χ0) is 13.8. The summed E-state index contributed by atoms with van der Waals surface area (Å²) in [7, 11) is 0. The molecule has 6 heteroatoms. The van der Waals surface area contributed by atoms with Crippen LogP contribution >= 0.6 is 11.3 Å². The molecule has 0 aliphatic heterocycles. The number of carboxylic acids is 1. The van der Waals surface area contributed by atoms with E-state index in [0.29, 0.717) is 5.82 Å². The van der Waals surface area contributed by atoms with Gasteiger partial charge in [0.25, 0.3) is 0 Å². The zero-order valence-corrected chi connectivity index (χ0v) is 11.6. The highest BCUT2D eigenvalue weighted by Gasteiger charge is 2.14. The second-order valence-electron chi connectivity index (χ2n) is 4.37. The average Bonchev–Trinajstić information content (AvgIpc) is 2.88. The van der Waals surface area contributed by atoms with Crippen LogP contribution in [0.5, 0.6) is 0 Å². The molecule has 0 amide bonds. The molecule has 0 atom stereocenters. The normalized spacial score (nSPS) is 10.7. The lowest BCUT2D eigenvalue weighted by atomic mass is 10.3. The number of hydrogen-bond donors (Lipinski definition) is 1. The molecule has 2 aromatic heterocycles. The third-order valence-corrected chi connectivity index (χ3v) is 3.54. The number of nitrogens with zero attached hydrogens (tertiary/aromatic N) is 3. The number of aromatic nitrogens is 2. The molecule has 0 aliphatic rings. The number of carboxylic acid groups (broad SMARTS) is 1. The minimum Gasteiger partial charge on any atom is -0.476 e. The molecule has 0 saturated heterocycles. The first kappa shape index (κ1) is 13.5. The fraction of sp³-hybridized carbons (Fsp3) is 0.308.